The molecule has 1 aliphatic rings. The minimum Gasteiger partial charge on any atom is -0.480 e. The predicted molar refractivity (Wildman–Crippen MR) is 56.9 cm³/mol. The third-order valence-electron chi connectivity index (χ3n) is 2.65. The molecule has 0 bridgehead atoms. The third kappa shape index (κ3) is 5.09. The number of rotatable bonds is 6. The van der Waals surface area contributed by atoms with Crippen molar-refractivity contribution in [3.63, 3.8) is 0 Å². The summed E-state index contributed by atoms with van der Waals surface area (Å²) < 4.78 is 5.20. The van der Waals surface area contributed by atoms with Crippen molar-refractivity contribution in [3.05, 3.63) is 0 Å². The predicted octanol–water partition coefficient (Wildman–Crippen LogP) is -0.573. The van der Waals surface area contributed by atoms with Gasteiger partial charge in [0.15, 0.2) is 0 Å². The quantitative estimate of drug-likeness (QED) is 0.637. The SMILES string of the molecule is NC(=O)CCN1CCC(OCC(=O)O)CC1. The average molecular weight is 230 g/mol. The van der Waals surface area contributed by atoms with Gasteiger partial charge < -0.3 is 20.5 Å². The molecule has 1 rings (SSSR count). The molecular formula is C10H18N2O4. The van der Waals surface area contributed by atoms with Crippen LogP contribution in [-0.2, 0) is 14.3 Å². The van der Waals surface area contributed by atoms with Crippen molar-refractivity contribution in [3.8, 4) is 0 Å². The maximum absolute atomic E-state index is 10.6. The molecule has 0 saturated carbocycles. The number of carbonyl (C=O) groups excluding carboxylic acids is 1. The zero-order valence-electron chi connectivity index (χ0n) is 9.22. The van der Waals surface area contributed by atoms with Gasteiger partial charge in [0.2, 0.25) is 5.91 Å². The largest absolute Gasteiger partial charge is 0.480 e. The van der Waals surface area contributed by atoms with Gasteiger partial charge in [-0.1, -0.05) is 0 Å². The lowest BCUT2D eigenvalue weighted by Crippen LogP contribution is -2.39. The molecular weight excluding hydrogens is 212 g/mol. The first-order chi connectivity index (χ1) is 7.58. The van der Waals surface area contributed by atoms with E-state index in [0.29, 0.717) is 13.0 Å². The van der Waals surface area contributed by atoms with Crippen molar-refractivity contribution in [2.45, 2.75) is 25.4 Å². The summed E-state index contributed by atoms with van der Waals surface area (Å²) in [6.45, 7) is 2.11. The summed E-state index contributed by atoms with van der Waals surface area (Å²) in [5.74, 6) is -1.22. The third-order valence-corrected chi connectivity index (χ3v) is 2.65. The molecule has 92 valence electrons. The van der Waals surface area contributed by atoms with Crippen LogP contribution in [-0.4, -0.2) is 54.2 Å². The van der Waals surface area contributed by atoms with E-state index in [1.54, 1.807) is 0 Å². The first-order valence-corrected chi connectivity index (χ1v) is 5.42. The molecule has 0 aromatic rings. The van der Waals surface area contributed by atoms with Gasteiger partial charge in [0.1, 0.15) is 6.61 Å². The van der Waals surface area contributed by atoms with Crippen LogP contribution in [0.5, 0.6) is 0 Å². The fourth-order valence-electron chi connectivity index (χ4n) is 1.76. The monoisotopic (exact) mass is 230 g/mol. The summed E-state index contributed by atoms with van der Waals surface area (Å²) in [5, 5.41) is 8.45. The summed E-state index contributed by atoms with van der Waals surface area (Å²) in [6.07, 6.45) is 2.03. The zero-order chi connectivity index (χ0) is 12.0. The van der Waals surface area contributed by atoms with E-state index in [1.807, 2.05) is 0 Å². The molecule has 1 aliphatic heterocycles. The van der Waals surface area contributed by atoms with Gasteiger partial charge >= 0.3 is 5.97 Å². The molecule has 0 radical (unpaired) electrons. The molecule has 1 saturated heterocycles. The molecule has 0 aromatic carbocycles. The van der Waals surface area contributed by atoms with Crippen LogP contribution < -0.4 is 5.73 Å². The Morgan fingerprint density at radius 1 is 1.38 bits per heavy atom. The second-order valence-corrected chi connectivity index (χ2v) is 3.96. The van der Waals surface area contributed by atoms with Gasteiger partial charge in [-0.25, -0.2) is 4.79 Å². The molecule has 0 aliphatic carbocycles. The second kappa shape index (κ2) is 6.44. The topological polar surface area (TPSA) is 92.9 Å². The number of piperidine rings is 1. The van der Waals surface area contributed by atoms with E-state index in [4.69, 9.17) is 15.6 Å². The highest BCUT2D eigenvalue weighted by molar-refractivity contribution is 5.73. The van der Waals surface area contributed by atoms with Crippen LogP contribution in [0.1, 0.15) is 19.3 Å². The van der Waals surface area contributed by atoms with Gasteiger partial charge in [-0.05, 0) is 12.8 Å². The number of carboxylic acids is 1. The fourth-order valence-corrected chi connectivity index (χ4v) is 1.76. The van der Waals surface area contributed by atoms with E-state index >= 15 is 0 Å². The van der Waals surface area contributed by atoms with E-state index in [1.165, 1.54) is 0 Å². The van der Waals surface area contributed by atoms with Gasteiger partial charge in [0, 0.05) is 26.1 Å². The number of primary amides is 1. The Hall–Kier alpha value is -1.14. The average Bonchev–Trinajstić information content (AvgIpc) is 2.25. The molecule has 1 fully saturated rings. The van der Waals surface area contributed by atoms with Crippen molar-refractivity contribution < 1.29 is 19.4 Å². The van der Waals surface area contributed by atoms with Gasteiger partial charge in [-0.3, -0.25) is 4.79 Å². The molecule has 1 heterocycles. The first kappa shape index (κ1) is 12.9. The highest BCUT2D eigenvalue weighted by Gasteiger charge is 2.20. The Morgan fingerprint density at radius 3 is 2.50 bits per heavy atom. The van der Waals surface area contributed by atoms with Crippen LogP contribution in [0.4, 0.5) is 0 Å². The number of carbonyl (C=O) groups is 2. The Morgan fingerprint density at radius 2 is 2.00 bits per heavy atom. The lowest BCUT2D eigenvalue weighted by molar-refractivity contribution is -0.145. The highest BCUT2D eigenvalue weighted by atomic mass is 16.5. The number of nitrogens with zero attached hydrogens (tertiary/aromatic N) is 1. The summed E-state index contributed by atoms with van der Waals surface area (Å²) in [5.41, 5.74) is 5.06. The summed E-state index contributed by atoms with van der Waals surface area (Å²) in [4.78, 5) is 23.0. The van der Waals surface area contributed by atoms with E-state index < -0.39 is 5.97 Å². The van der Waals surface area contributed by atoms with Crippen LogP contribution in [0.3, 0.4) is 0 Å². The Bertz CT molecular complexity index is 223. The summed E-state index contributed by atoms with van der Waals surface area (Å²) in [7, 11) is 0. The molecule has 16 heavy (non-hydrogen) atoms. The summed E-state index contributed by atoms with van der Waals surface area (Å²) >= 11 is 0. The minimum absolute atomic E-state index is 0.0286. The molecule has 3 N–H and O–H groups in total. The maximum Gasteiger partial charge on any atom is 0.329 e. The van der Waals surface area contributed by atoms with E-state index in [2.05, 4.69) is 4.90 Å². The normalized spacial score (nSPS) is 18.5. The molecule has 6 heteroatoms. The number of likely N-dealkylation sites (tertiary alicyclic amines) is 1. The summed E-state index contributed by atoms with van der Waals surface area (Å²) in [6, 6.07) is 0. The van der Waals surface area contributed by atoms with Crippen molar-refractivity contribution in [1.82, 2.24) is 4.90 Å². The highest BCUT2D eigenvalue weighted by Crippen LogP contribution is 2.13. The molecule has 1 amide bonds. The molecule has 0 aromatic heterocycles. The molecule has 6 nitrogen and oxygen atoms in total. The Labute approximate surface area is 94.3 Å². The lowest BCUT2D eigenvalue weighted by Gasteiger charge is -2.31. The minimum atomic E-state index is -0.934. The standard InChI is InChI=1S/C10H18N2O4/c11-9(13)3-6-12-4-1-8(2-5-12)16-7-10(14)15/h8H,1-7H2,(H2,11,13)(H,14,15). The van der Waals surface area contributed by atoms with Crippen molar-refractivity contribution in [2.75, 3.05) is 26.2 Å². The number of hydrogen-bond donors (Lipinski definition) is 2. The first-order valence-electron chi connectivity index (χ1n) is 5.42. The second-order valence-electron chi connectivity index (χ2n) is 3.96. The lowest BCUT2D eigenvalue weighted by atomic mass is 10.1. The van der Waals surface area contributed by atoms with Gasteiger partial charge in [0.05, 0.1) is 6.10 Å². The van der Waals surface area contributed by atoms with E-state index in [9.17, 15) is 9.59 Å². The van der Waals surface area contributed by atoms with Crippen LogP contribution >= 0.6 is 0 Å². The van der Waals surface area contributed by atoms with Crippen molar-refractivity contribution in [1.29, 1.82) is 0 Å². The van der Waals surface area contributed by atoms with Gasteiger partial charge in [-0.15, -0.1) is 0 Å². The molecule has 0 spiro atoms. The number of carboxylic acid groups (broad SMARTS) is 1. The van der Waals surface area contributed by atoms with Crippen LogP contribution in [0.25, 0.3) is 0 Å². The van der Waals surface area contributed by atoms with Gasteiger partial charge in [-0.2, -0.15) is 0 Å². The van der Waals surface area contributed by atoms with Crippen LogP contribution in [0.2, 0.25) is 0 Å². The maximum atomic E-state index is 10.6. The number of amides is 1. The molecule has 0 unspecified atom stereocenters. The number of ether oxygens (including phenoxy) is 1. The number of hydrogen-bond acceptors (Lipinski definition) is 4. The Balaban J connectivity index is 2.13. The Kier molecular flexibility index (Phi) is 5.21. The fraction of sp³-hybridized carbons (Fsp3) is 0.800. The van der Waals surface area contributed by atoms with Crippen LogP contribution in [0, 0.1) is 0 Å². The van der Waals surface area contributed by atoms with E-state index in [0.717, 1.165) is 25.9 Å². The van der Waals surface area contributed by atoms with Crippen molar-refractivity contribution in [2.24, 2.45) is 5.73 Å². The smallest absolute Gasteiger partial charge is 0.329 e. The van der Waals surface area contributed by atoms with E-state index in [-0.39, 0.29) is 18.6 Å². The zero-order valence-corrected chi connectivity index (χ0v) is 9.22. The van der Waals surface area contributed by atoms with Crippen molar-refractivity contribution >= 4 is 11.9 Å². The number of nitrogens with two attached hydrogens (primary N) is 1. The van der Waals surface area contributed by atoms with Gasteiger partial charge in [0.25, 0.3) is 0 Å². The van der Waals surface area contributed by atoms with Crippen LogP contribution in [0.15, 0.2) is 0 Å². The molecule has 0 atom stereocenters. The number of aliphatic carboxylic acids is 1.